The van der Waals surface area contributed by atoms with E-state index >= 15 is 0 Å². The average Bonchev–Trinajstić information content (AvgIpc) is 2.44. The van der Waals surface area contributed by atoms with E-state index in [1.807, 2.05) is 0 Å². The molecule has 6 nitrogen and oxygen atoms in total. The van der Waals surface area contributed by atoms with Gasteiger partial charge < -0.3 is 14.5 Å². The number of nitrogens with zero attached hydrogens (tertiary/aromatic N) is 4. The molecule has 0 N–H and O–H groups in total. The summed E-state index contributed by atoms with van der Waals surface area (Å²) in [5.41, 5.74) is 0.735. The third kappa shape index (κ3) is 3.50. The molecule has 1 saturated heterocycles. The zero-order valence-electron chi connectivity index (χ0n) is 12.6. The molecular weight excluding hydrogens is 256 g/mol. The van der Waals surface area contributed by atoms with Gasteiger partial charge in [-0.3, -0.25) is 4.79 Å². The Labute approximate surface area is 119 Å². The first-order chi connectivity index (χ1) is 9.61. The van der Waals surface area contributed by atoms with Gasteiger partial charge in [-0.2, -0.15) is 0 Å². The van der Waals surface area contributed by atoms with Crippen LogP contribution >= 0.6 is 0 Å². The largest absolute Gasteiger partial charge is 0.475 e. The van der Waals surface area contributed by atoms with Gasteiger partial charge in [0.15, 0.2) is 0 Å². The fraction of sp³-hybridized carbons (Fsp3) is 0.714. The van der Waals surface area contributed by atoms with Crippen LogP contribution < -0.4 is 15.2 Å². The molecule has 0 amide bonds. The van der Waals surface area contributed by atoms with Gasteiger partial charge in [0.1, 0.15) is 5.69 Å². The highest BCUT2D eigenvalue weighted by Crippen LogP contribution is 2.25. The number of piperazine rings is 1. The summed E-state index contributed by atoms with van der Waals surface area (Å²) < 4.78 is 7.10. The Balaban J connectivity index is 2.20. The van der Waals surface area contributed by atoms with Crippen molar-refractivity contribution in [3.05, 3.63) is 16.4 Å². The number of aromatic nitrogens is 2. The van der Waals surface area contributed by atoms with Crippen molar-refractivity contribution in [3.8, 4) is 5.88 Å². The summed E-state index contributed by atoms with van der Waals surface area (Å²) in [5.74, 6) is 0.574. The second kappa shape index (κ2) is 6.74. The molecule has 1 aliphatic heterocycles. The third-order valence-corrected chi connectivity index (χ3v) is 3.62. The van der Waals surface area contributed by atoms with Crippen molar-refractivity contribution in [2.45, 2.75) is 19.8 Å². The highest BCUT2D eigenvalue weighted by molar-refractivity contribution is 5.54. The van der Waals surface area contributed by atoms with Crippen LogP contribution in [0.3, 0.4) is 0 Å². The van der Waals surface area contributed by atoms with Crippen LogP contribution in [0.2, 0.25) is 0 Å². The lowest BCUT2D eigenvalue weighted by molar-refractivity contribution is 0.283. The van der Waals surface area contributed by atoms with Gasteiger partial charge in [-0.1, -0.05) is 13.3 Å². The molecule has 1 aromatic heterocycles. The highest BCUT2D eigenvalue weighted by Gasteiger charge is 2.20. The summed E-state index contributed by atoms with van der Waals surface area (Å²) in [6.07, 6.45) is 2.07. The van der Waals surface area contributed by atoms with Crippen molar-refractivity contribution in [2.75, 3.05) is 44.7 Å². The highest BCUT2D eigenvalue weighted by atomic mass is 16.5. The van der Waals surface area contributed by atoms with E-state index in [9.17, 15) is 4.79 Å². The van der Waals surface area contributed by atoms with E-state index < -0.39 is 0 Å². The monoisotopic (exact) mass is 280 g/mol. The van der Waals surface area contributed by atoms with Crippen LogP contribution in [0.25, 0.3) is 0 Å². The Hall–Kier alpha value is -1.56. The summed E-state index contributed by atoms with van der Waals surface area (Å²) in [7, 11) is 3.76. The molecule has 0 radical (unpaired) electrons. The van der Waals surface area contributed by atoms with Gasteiger partial charge >= 0.3 is 0 Å². The van der Waals surface area contributed by atoms with Crippen LogP contribution in [0, 0.1) is 0 Å². The van der Waals surface area contributed by atoms with Crippen molar-refractivity contribution in [1.82, 2.24) is 14.7 Å². The molecule has 1 aliphatic rings. The van der Waals surface area contributed by atoms with E-state index in [-0.39, 0.29) is 5.56 Å². The van der Waals surface area contributed by atoms with E-state index in [1.165, 1.54) is 4.68 Å². The molecule has 2 heterocycles. The summed E-state index contributed by atoms with van der Waals surface area (Å²) in [5, 5.41) is 4.27. The molecule has 1 aromatic rings. The van der Waals surface area contributed by atoms with Crippen molar-refractivity contribution < 1.29 is 4.74 Å². The minimum absolute atomic E-state index is 0.0956. The van der Waals surface area contributed by atoms with Gasteiger partial charge in [0.25, 0.3) is 11.4 Å². The molecule has 0 saturated carbocycles. The third-order valence-electron chi connectivity index (χ3n) is 3.62. The Bertz CT molecular complexity index is 492. The zero-order chi connectivity index (χ0) is 14.5. The number of anilines is 1. The van der Waals surface area contributed by atoms with Crippen LogP contribution in [-0.2, 0) is 7.05 Å². The first-order valence-electron chi connectivity index (χ1n) is 7.26. The first kappa shape index (κ1) is 14.8. The molecule has 0 unspecified atom stereocenters. The molecule has 2 rings (SSSR count). The van der Waals surface area contributed by atoms with Crippen molar-refractivity contribution >= 4 is 5.69 Å². The lowest BCUT2D eigenvalue weighted by Gasteiger charge is -2.34. The van der Waals surface area contributed by atoms with Gasteiger partial charge in [-0.05, 0) is 13.5 Å². The van der Waals surface area contributed by atoms with Crippen LogP contribution in [0.15, 0.2) is 10.9 Å². The second-order valence-corrected chi connectivity index (χ2v) is 5.29. The number of rotatable bonds is 5. The number of unbranched alkanes of at least 4 members (excludes halogenated alkanes) is 1. The standard InChI is InChI=1S/C14H24N4O2/c1-4-5-10-20-14-12(11-13(19)17(3)15-14)18-8-6-16(2)7-9-18/h11H,4-10H2,1-3H3. The molecule has 1 fully saturated rings. The van der Waals surface area contributed by atoms with E-state index in [0.717, 1.165) is 44.7 Å². The Morgan fingerprint density at radius 3 is 2.60 bits per heavy atom. The fourth-order valence-electron chi connectivity index (χ4n) is 2.20. The first-order valence-corrected chi connectivity index (χ1v) is 7.26. The predicted octanol–water partition coefficient (Wildman–Crippen LogP) is 0.711. The van der Waals surface area contributed by atoms with Crippen LogP contribution in [0.1, 0.15) is 19.8 Å². The fourth-order valence-corrected chi connectivity index (χ4v) is 2.20. The molecule has 20 heavy (non-hydrogen) atoms. The van der Waals surface area contributed by atoms with Gasteiger partial charge in [0, 0.05) is 39.3 Å². The van der Waals surface area contributed by atoms with Gasteiger partial charge in [-0.25, -0.2) is 4.68 Å². The lowest BCUT2D eigenvalue weighted by atomic mass is 10.3. The van der Waals surface area contributed by atoms with Crippen LogP contribution in [0.4, 0.5) is 5.69 Å². The van der Waals surface area contributed by atoms with E-state index in [0.29, 0.717) is 12.5 Å². The van der Waals surface area contributed by atoms with Gasteiger partial charge in [0.05, 0.1) is 6.61 Å². The summed E-state index contributed by atoms with van der Waals surface area (Å²) in [6.45, 7) is 6.54. The maximum absolute atomic E-state index is 11.8. The summed E-state index contributed by atoms with van der Waals surface area (Å²) in [4.78, 5) is 16.3. The molecule has 6 heteroatoms. The topological polar surface area (TPSA) is 50.6 Å². The quantitative estimate of drug-likeness (QED) is 0.744. The van der Waals surface area contributed by atoms with Crippen LogP contribution in [0.5, 0.6) is 5.88 Å². The van der Waals surface area contributed by atoms with E-state index in [4.69, 9.17) is 4.74 Å². The molecule has 112 valence electrons. The SMILES string of the molecule is CCCCOc1nn(C)c(=O)cc1N1CCN(C)CC1. The summed E-state index contributed by atoms with van der Waals surface area (Å²) in [6, 6.07) is 1.64. The average molecular weight is 280 g/mol. The van der Waals surface area contributed by atoms with Gasteiger partial charge in [-0.15, -0.1) is 5.10 Å². The summed E-state index contributed by atoms with van der Waals surface area (Å²) >= 11 is 0. The molecule has 0 aliphatic carbocycles. The maximum Gasteiger partial charge on any atom is 0.268 e. The number of aryl methyl sites for hydroxylation is 1. The van der Waals surface area contributed by atoms with E-state index in [2.05, 4.69) is 28.9 Å². The Morgan fingerprint density at radius 2 is 1.95 bits per heavy atom. The minimum Gasteiger partial charge on any atom is -0.475 e. The number of ether oxygens (including phenoxy) is 1. The minimum atomic E-state index is -0.0956. The predicted molar refractivity (Wildman–Crippen MR) is 79.6 cm³/mol. The number of hydrogen-bond acceptors (Lipinski definition) is 5. The smallest absolute Gasteiger partial charge is 0.268 e. The van der Waals surface area contributed by atoms with Crippen molar-refractivity contribution in [3.63, 3.8) is 0 Å². The molecule has 0 aromatic carbocycles. The Kier molecular flexibility index (Phi) is 5.00. The Morgan fingerprint density at radius 1 is 1.25 bits per heavy atom. The lowest BCUT2D eigenvalue weighted by Crippen LogP contribution is -2.45. The number of hydrogen-bond donors (Lipinski definition) is 0. The van der Waals surface area contributed by atoms with E-state index in [1.54, 1.807) is 13.1 Å². The van der Waals surface area contributed by atoms with Gasteiger partial charge in [0.2, 0.25) is 0 Å². The molecule has 0 bridgehead atoms. The second-order valence-electron chi connectivity index (χ2n) is 5.29. The zero-order valence-corrected chi connectivity index (χ0v) is 12.6. The maximum atomic E-state index is 11.8. The van der Waals surface area contributed by atoms with Crippen LogP contribution in [-0.4, -0.2) is 54.5 Å². The molecule has 0 atom stereocenters. The number of likely N-dealkylation sites (N-methyl/N-ethyl adjacent to an activating group) is 1. The molecular formula is C14H24N4O2. The normalized spacial score (nSPS) is 16.4. The van der Waals surface area contributed by atoms with Crippen molar-refractivity contribution in [1.29, 1.82) is 0 Å². The van der Waals surface area contributed by atoms with Crippen molar-refractivity contribution in [2.24, 2.45) is 7.05 Å². The molecule has 0 spiro atoms.